The molecule has 0 heterocycles. The Morgan fingerprint density at radius 1 is 1.50 bits per heavy atom. The van der Waals surface area contributed by atoms with Gasteiger partial charge >= 0.3 is 0 Å². The molecule has 1 N–H and O–H groups in total. The van der Waals surface area contributed by atoms with Gasteiger partial charge in [-0.3, -0.25) is 4.79 Å². The number of amides is 1. The number of anilines is 1. The molecule has 0 unspecified atom stereocenters. The first-order chi connectivity index (χ1) is 6.50. The van der Waals surface area contributed by atoms with Crippen molar-refractivity contribution in [2.45, 2.75) is 0 Å². The first kappa shape index (κ1) is 11.0. The van der Waals surface area contributed by atoms with Gasteiger partial charge in [0.15, 0.2) is 0 Å². The Bertz CT molecular complexity index is 392. The van der Waals surface area contributed by atoms with Crippen molar-refractivity contribution in [3.8, 4) is 0 Å². The van der Waals surface area contributed by atoms with Crippen molar-refractivity contribution in [3.05, 3.63) is 40.7 Å². The molecule has 0 aliphatic heterocycles. The molecule has 0 spiro atoms. The molecule has 0 atom stereocenters. The average Bonchev–Trinajstić information content (AvgIpc) is 2.09. The summed E-state index contributed by atoms with van der Waals surface area (Å²) in [7, 11) is 0. The largest absolute Gasteiger partial charge is 0.319 e. The van der Waals surface area contributed by atoms with Gasteiger partial charge in [0.1, 0.15) is 5.82 Å². The fourth-order valence-corrected chi connectivity index (χ4v) is 0.987. The minimum absolute atomic E-state index is 0.0150. The quantitative estimate of drug-likeness (QED) is 0.782. The van der Waals surface area contributed by atoms with E-state index in [4.69, 9.17) is 23.2 Å². The summed E-state index contributed by atoms with van der Waals surface area (Å²) in [5.41, 5.74) is 0.0150. The van der Waals surface area contributed by atoms with Crippen molar-refractivity contribution >= 4 is 34.8 Å². The minimum atomic E-state index is -0.645. The second-order valence-electron chi connectivity index (χ2n) is 2.48. The van der Waals surface area contributed by atoms with Crippen LogP contribution < -0.4 is 5.32 Å². The molecule has 5 heteroatoms. The van der Waals surface area contributed by atoms with E-state index in [1.54, 1.807) is 0 Å². The summed E-state index contributed by atoms with van der Waals surface area (Å²) in [6.07, 6.45) is 0. The SMILES string of the molecule is C=C(Cl)C(=O)Nc1ccc(Cl)cc1F. The summed E-state index contributed by atoms with van der Waals surface area (Å²) in [4.78, 5) is 11.0. The summed E-state index contributed by atoms with van der Waals surface area (Å²) in [6, 6.07) is 3.89. The second-order valence-corrected chi connectivity index (χ2v) is 3.38. The molecule has 1 amide bonds. The molecule has 0 saturated heterocycles. The lowest BCUT2D eigenvalue weighted by molar-refractivity contribution is -0.112. The zero-order valence-corrected chi connectivity index (χ0v) is 8.49. The molecule has 0 aliphatic carbocycles. The average molecular weight is 234 g/mol. The van der Waals surface area contributed by atoms with Crippen LogP contribution in [-0.4, -0.2) is 5.91 Å². The molecule has 1 aromatic rings. The van der Waals surface area contributed by atoms with E-state index in [2.05, 4.69) is 11.9 Å². The maximum atomic E-state index is 13.1. The van der Waals surface area contributed by atoms with Crippen molar-refractivity contribution in [3.63, 3.8) is 0 Å². The Labute approximate surface area is 90.3 Å². The van der Waals surface area contributed by atoms with Gasteiger partial charge in [-0.1, -0.05) is 29.8 Å². The molecule has 0 aromatic heterocycles. The van der Waals surface area contributed by atoms with Gasteiger partial charge in [-0.25, -0.2) is 4.39 Å². The first-order valence-electron chi connectivity index (χ1n) is 3.61. The Morgan fingerprint density at radius 2 is 2.14 bits per heavy atom. The van der Waals surface area contributed by atoms with E-state index in [0.29, 0.717) is 0 Å². The molecular weight excluding hydrogens is 228 g/mol. The van der Waals surface area contributed by atoms with Crippen LogP contribution in [0.1, 0.15) is 0 Å². The fraction of sp³-hybridized carbons (Fsp3) is 0. The van der Waals surface area contributed by atoms with Crippen LogP contribution in [0.3, 0.4) is 0 Å². The van der Waals surface area contributed by atoms with E-state index in [1.807, 2.05) is 0 Å². The first-order valence-corrected chi connectivity index (χ1v) is 4.37. The highest BCUT2D eigenvalue weighted by molar-refractivity contribution is 6.43. The molecule has 74 valence electrons. The summed E-state index contributed by atoms with van der Waals surface area (Å²) in [5, 5.41) is 2.28. The number of nitrogens with one attached hydrogen (secondary N) is 1. The number of halogens is 3. The van der Waals surface area contributed by atoms with Gasteiger partial charge in [0.05, 0.1) is 10.7 Å². The molecule has 0 fully saturated rings. The Morgan fingerprint density at radius 3 is 2.64 bits per heavy atom. The third kappa shape index (κ3) is 2.72. The lowest BCUT2D eigenvalue weighted by Gasteiger charge is -2.04. The van der Waals surface area contributed by atoms with E-state index in [1.165, 1.54) is 12.1 Å². The second kappa shape index (κ2) is 4.44. The zero-order chi connectivity index (χ0) is 10.7. The lowest BCUT2D eigenvalue weighted by atomic mass is 10.3. The highest BCUT2D eigenvalue weighted by atomic mass is 35.5. The number of hydrogen-bond acceptors (Lipinski definition) is 1. The fourth-order valence-electron chi connectivity index (χ4n) is 0.781. The Balaban J connectivity index is 2.87. The van der Waals surface area contributed by atoms with Crippen LogP contribution in [0.15, 0.2) is 29.8 Å². The lowest BCUT2D eigenvalue weighted by Crippen LogP contribution is -2.11. The van der Waals surface area contributed by atoms with Gasteiger partial charge in [0, 0.05) is 5.02 Å². The normalized spacial score (nSPS) is 9.64. The summed E-state index contributed by atoms with van der Waals surface area (Å²) in [6.45, 7) is 3.20. The topological polar surface area (TPSA) is 29.1 Å². The van der Waals surface area contributed by atoms with Crippen molar-refractivity contribution in [2.75, 3.05) is 5.32 Å². The predicted molar refractivity (Wildman–Crippen MR) is 55.0 cm³/mol. The van der Waals surface area contributed by atoms with E-state index in [-0.39, 0.29) is 15.7 Å². The highest BCUT2D eigenvalue weighted by Crippen LogP contribution is 2.19. The number of rotatable bonds is 2. The third-order valence-electron chi connectivity index (χ3n) is 1.43. The van der Waals surface area contributed by atoms with Crippen LogP contribution in [0.2, 0.25) is 5.02 Å². The van der Waals surface area contributed by atoms with Crippen molar-refractivity contribution in [1.82, 2.24) is 0 Å². The van der Waals surface area contributed by atoms with Crippen LogP contribution in [0.25, 0.3) is 0 Å². The van der Waals surface area contributed by atoms with Crippen LogP contribution in [-0.2, 0) is 4.79 Å². The van der Waals surface area contributed by atoms with Gasteiger partial charge in [-0.05, 0) is 18.2 Å². The van der Waals surface area contributed by atoms with Gasteiger partial charge in [0.2, 0.25) is 0 Å². The molecule has 14 heavy (non-hydrogen) atoms. The van der Waals surface area contributed by atoms with Crippen molar-refractivity contribution in [2.24, 2.45) is 0 Å². The minimum Gasteiger partial charge on any atom is -0.319 e. The van der Waals surface area contributed by atoms with Crippen molar-refractivity contribution in [1.29, 1.82) is 0 Å². The monoisotopic (exact) mass is 233 g/mol. The Kier molecular flexibility index (Phi) is 3.49. The molecule has 2 nitrogen and oxygen atoms in total. The molecular formula is C9H6Cl2FNO. The molecule has 0 aliphatic rings. The molecule has 1 aromatic carbocycles. The van der Waals surface area contributed by atoms with Crippen LogP contribution in [0.4, 0.5) is 10.1 Å². The van der Waals surface area contributed by atoms with Gasteiger partial charge in [0.25, 0.3) is 5.91 Å². The number of carbonyl (C=O) groups excluding carboxylic acids is 1. The zero-order valence-electron chi connectivity index (χ0n) is 6.98. The molecule has 0 bridgehead atoms. The van der Waals surface area contributed by atoms with Crippen LogP contribution in [0, 0.1) is 5.82 Å². The molecule has 1 rings (SSSR count). The smallest absolute Gasteiger partial charge is 0.266 e. The maximum Gasteiger partial charge on any atom is 0.266 e. The number of carbonyl (C=O) groups is 1. The van der Waals surface area contributed by atoms with Crippen molar-refractivity contribution < 1.29 is 9.18 Å². The van der Waals surface area contributed by atoms with Gasteiger partial charge < -0.3 is 5.32 Å². The number of hydrogen-bond donors (Lipinski definition) is 1. The van der Waals surface area contributed by atoms with Gasteiger partial charge in [-0.15, -0.1) is 0 Å². The van der Waals surface area contributed by atoms with E-state index in [9.17, 15) is 9.18 Å². The Hall–Kier alpha value is -1.06. The summed E-state index contributed by atoms with van der Waals surface area (Å²) < 4.78 is 13.1. The summed E-state index contributed by atoms with van der Waals surface area (Å²) >= 11 is 10.8. The van der Waals surface area contributed by atoms with Crippen LogP contribution >= 0.6 is 23.2 Å². The maximum absolute atomic E-state index is 13.1. The van der Waals surface area contributed by atoms with Gasteiger partial charge in [-0.2, -0.15) is 0 Å². The highest BCUT2D eigenvalue weighted by Gasteiger charge is 2.08. The molecule has 0 saturated carbocycles. The standard InChI is InChI=1S/C9H6Cl2FNO/c1-5(10)9(14)13-8-3-2-6(11)4-7(8)12/h2-4H,1H2,(H,13,14). The number of benzene rings is 1. The van der Waals surface area contributed by atoms with Crippen LogP contribution in [0.5, 0.6) is 0 Å². The summed E-state index contributed by atoms with van der Waals surface area (Å²) in [5.74, 6) is -1.27. The van der Waals surface area contributed by atoms with E-state index >= 15 is 0 Å². The van der Waals surface area contributed by atoms with E-state index in [0.717, 1.165) is 6.07 Å². The third-order valence-corrected chi connectivity index (χ3v) is 1.83. The van der Waals surface area contributed by atoms with E-state index < -0.39 is 11.7 Å². The molecule has 0 radical (unpaired) electrons. The predicted octanol–water partition coefficient (Wildman–Crippen LogP) is 3.17.